The zero-order chi connectivity index (χ0) is 18.5. The number of halogens is 1. The van der Waals surface area contributed by atoms with E-state index in [4.69, 9.17) is 0 Å². The van der Waals surface area contributed by atoms with E-state index in [9.17, 15) is 14.0 Å². The van der Waals surface area contributed by atoms with Gasteiger partial charge >= 0.3 is 0 Å². The third kappa shape index (κ3) is 4.14. The second kappa shape index (κ2) is 7.90. The molecular weight excluding hydrogens is 337 g/mol. The second-order valence-electron chi connectivity index (χ2n) is 6.24. The maximum atomic E-state index is 13.7. The normalized spacial score (nSPS) is 14.8. The summed E-state index contributed by atoms with van der Waals surface area (Å²) in [4.78, 5) is 34.7. The summed E-state index contributed by atoms with van der Waals surface area (Å²) in [6.07, 6.45) is 4.61. The van der Waals surface area contributed by atoms with Gasteiger partial charge in [-0.2, -0.15) is 0 Å². The van der Waals surface area contributed by atoms with Gasteiger partial charge in [0.25, 0.3) is 5.91 Å². The van der Waals surface area contributed by atoms with Crippen LogP contribution in [-0.4, -0.2) is 34.9 Å². The molecule has 1 aromatic heterocycles. The SMILES string of the molecule is Cc1ccc(F)c(C(=O)NNC(=O)C2CCN(c3ncccn3)CC2)c1. The van der Waals surface area contributed by atoms with Crippen LogP contribution in [0.5, 0.6) is 0 Å². The number of nitrogens with zero attached hydrogens (tertiary/aromatic N) is 3. The zero-order valence-corrected chi connectivity index (χ0v) is 14.4. The fourth-order valence-corrected chi connectivity index (χ4v) is 2.90. The van der Waals surface area contributed by atoms with Gasteiger partial charge in [0.05, 0.1) is 5.56 Å². The number of carbonyl (C=O) groups excluding carboxylic acids is 2. The first-order valence-electron chi connectivity index (χ1n) is 8.43. The molecule has 0 atom stereocenters. The van der Waals surface area contributed by atoms with Crippen LogP contribution < -0.4 is 15.8 Å². The van der Waals surface area contributed by atoms with Crippen molar-refractivity contribution in [1.82, 2.24) is 20.8 Å². The van der Waals surface area contributed by atoms with E-state index in [-0.39, 0.29) is 17.4 Å². The van der Waals surface area contributed by atoms with Gasteiger partial charge in [-0.15, -0.1) is 0 Å². The van der Waals surface area contributed by atoms with E-state index in [1.54, 1.807) is 31.5 Å². The molecular formula is C18H20FN5O2. The van der Waals surface area contributed by atoms with Crippen LogP contribution in [0.4, 0.5) is 10.3 Å². The van der Waals surface area contributed by atoms with E-state index < -0.39 is 11.7 Å². The lowest BCUT2D eigenvalue weighted by atomic mass is 9.96. The Hall–Kier alpha value is -3.03. The Morgan fingerprint density at radius 1 is 1.15 bits per heavy atom. The van der Waals surface area contributed by atoms with Gasteiger partial charge < -0.3 is 4.90 Å². The minimum absolute atomic E-state index is 0.0960. The number of hydrazine groups is 1. The first-order chi connectivity index (χ1) is 12.5. The standard InChI is InChI=1S/C18H20FN5O2/c1-12-3-4-15(19)14(11-12)17(26)23-22-16(25)13-5-9-24(10-6-13)18-20-7-2-8-21-18/h2-4,7-8,11,13H,5-6,9-10H2,1H3,(H,22,25)(H,23,26). The van der Waals surface area contributed by atoms with Crippen LogP contribution in [0.2, 0.25) is 0 Å². The molecule has 3 rings (SSSR count). The van der Waals surface area contributed by atoms with Gasteiger partial charge in [0.1, 0.15) is 5.82 Å². The maximum Gasteiger partial charge on any atom is 0.272 e. The van der Waals surface area contributed by atoms with Gasteiger partial charge in [0.15, 0.2) is 0 Å². The number of piperidine rings is 1. The predicted octanol–water partition coefficient (Wildman–Crippen LogP) is 1.60. The Kier molecular flexibility index (Phi) is 5.40. The molecule has 0 radical (unpaired) electrons. The summed E-state index contributed by atoms with van der Waals surface area (Å²) in [7, 11) is 0. The number of rotatable bonds is 3. The fraction of sp³-hybridized carbons (Fsp3) is 0.333. The van der Waals surface area contributed by atoms with Gasteiger partial charge in [-0.25, -0.2) is 14.4 Å². The third-order valence-electron chi connectivity index (χ3n) is 4.37. The lowest BCUT2D eigenvalue weighted by molar-refractivity contribution is -0.126. The Labute approximate surface area is 150 Å². The molecule has 0 bridgehead atoms. The van der Waals surface area contributed by atoms with Crippen LogP contribution in [0.25, 0.3) is 0 Å². The highest BCUT2D eigenvalue weighted by Crippen LogP contribution is 2.20. The molecule has 8 heteroatoms. The monoisotopic (exact) mass is 357 g/mol. The number of aryl methyl sites for hydroxylation is 1. The molecule has 2 aromatic rings. The summed E-state index contributed by atoms with van der Waals surface area (Å²) >= 11 is 0. The first-order valence-corrected chi connectivity index (χ1v) is 8.43. The number of aromatic nitrogens is 2. The van der Waals surface area contributed by atoms with Crippen LogP contribution >= 0.6 is 0 Å². The molecule has 2 N–H and O–H groups in total. The van der Waals surface area contributed by atoms with Crippen LogP contribution in [0.1, 0.15) is 28.8 Å². The summed E-state index contributed by atoms with van der Waals surface area (Å²) in [6, 6.07) is 6.00. The highest BCUT2D eigenvalue weighted by atomic mass is 19.1. The second-order valence-corrected chi connectivity index (χ2v) is 6.24. The average Bonchev–Trinajstić information content (AvgIpc) is 2.68. The van der Waals surface area contributed by atoms with Crippen LogP contribution in [0, 0.1) is 18.7 Å². The lowest BCUT2D eigenvalue weighted by Gasteiger charge is -2.31. The Morgan fingerprint density at radius 3 is 2.54 bits per heavy atom. The predicted molar refractivity (Wildman–Crippen MR) is 93.7 cm³/mol. The van der Waals surface area contributed by atoms with E-state index in [1.807, 2.05) is 4.90 Å². The van der Waals surface area contributed by atoms with Crippen molar-refractivity contribution >= 4 is 17.8 Å². The number of nitrogens with one attached hydrogen (secondary N) is 2. The van der Waals surface area contributed by atoms with Gasteiger partial charge in [-0.3, -0.25) is 20.4 Å². The van der Waals surface area contributed by atoms with Crippen molar-refractivity contribution in [2.75, 3.05) is 18.0 Å². The largest absolute Gasteiger partial charge is 0.341 e. The molecule has 26 heavy (non-hydrogen) atoms. The summed E-state index contributed by atoms with van der Waals surface area (Å²) in [6.45, 7) is 3.07. The van der Waals surface area contributed by atoms with E-state index in [2.05, 4.69) is 20.8 Å². The van der Waals surface area contributed by atoms with Crippen LogP contribution in [-0.2, 0) is 4.79 Å². The van der Waals surface area contributed by atoms with E-state index >= 15 is 0 Å². The quantitative estimate of drug-likeness (QED) is 0.815. The molecule has 2 heterocycles. The summed E-state index contributed by atoms with van der Waals surface area (Å²) in [5, 5.41) is 0. The summed E-state index contributed by atoms with van der Waals surface area (Å²) in [5.41, 5.74) is 5.35. The van der Waals surface area contributed by atoms with Gasteiger partial charge in [-0.05, 0) is 38.0 Å². The van der Waals surface area contributed by atoms with E-state index in [1.165, 1.54) is 12.1 Å². The van der Waals surface area contributed by atoms with Crippen LogP contribution in [0.3, 0.4) is 0 Å². The molecule has 1 aromatic carbocycles. The topological polar surface area (TPSA) is 87.2 Å². The molecule has 7 nitrogen and oxygen atoms in total. The zero-order valence-electron chi connectivity index (χ0n) is 14.4. The van der Waals surface area contributed by atoms with Crippen molar-refractivity contribution in [3.63, 3.8) is 0 Å². The highest BCUT2D eigenvalue weighted by Gasteiger charge is 2.26. The van der Waals surface area contributed by atoms with Crippen molar-refractivity contribution < 1.29 is 14.0 Å². The molecule has 1 saturated heterocycles. The molecule has 1 aliphatic heterocycles. The molecule has 0 spiro atoms. The number of benzene rings is 1. The Balaban J connectivity index is 1.50. The molecule has 2 amide bonds. The minimum Gasteiger partial charge on any atom is -0.341 e. The molecule has 0 unspecified atom stereocenters. The van der Waals surface area contributed by atoms with Gasteiger partial charge in [0, 0.05) is 31.4 Å². The Morgan fingerprint density at radius 2 is 1.85 bits per heavy atom. The summed E-state index contributed by atoms with van der Waals surface area (Å²) < 4.78 is 13.7. The first kappa shape index (κ1) is 17.8. The number of amides is 2. The van der Waals surface area contributed by atoms with Crippen molar-refractivity contribution in [3.8, 4) is 0 Å². The highest BCUT2D eigenvalue weighted by molar-refractivity contribution is 5.96. The van der Waals surface area contributed by atoms with Crippen LogP contribution in [0.15, 0.2) is 36.7 Å². The molecule has 1 fully saturated rings. The smallest absolute Gasteiger partial charge is 0.272 e. The molecule has 136 valence electrons. The molecule has 0 saturated carbocycles. The van der Waals surface area contributed by atoms with Crippen molar-refractivity contribution in [1.29, 1.82) is 0 Å². The fourth-order valence-electron chi connectivity index (χ4n) is 2.90. The van der Waals surface area contributed by atoms with E-state index in [0.717, 1.165) is 5.56 Å². The van der Waals surface area contributed by atoms with Crippen molar-refractivity contribution in [3.05, 3.63) is 53.6 Å². The summed E-state index contributed by atoms with van der Waals surface area (Å²) in [5.74, 6) is -1.15. The van der Waals surface area contributed by atoms with Gasteiger partial charge in [-0.1, -0.05) is 11.6 Å². The Bertz CT molecular complexity index is 791. The number of hydrogen-bond acceptors (Lipinski definition) is 5. The maximum absolute atomic E-state index is 13.7. The van der Waals surface area contributed by atoms with Crippen molar-refractivity contribution in [2.24, 2.45) is 5.92 Å². The van der Waals surface area contributed by atoms with Crippen molar-refractivity contribution in [2.45, 2.75) is 19.8 Å². The minimum atomic E-state index is -0.672. The average molecular weight is 357 g/mol. The lowest BCUT2D eigenvalue weighted by Crippen LogP contribution is -2.47. The molecule has 0 aliphatic carbocycles. The third-order valence-corrected chi connectivity index (χ3v) is 4.37. The van der Waals surface area contributed by atoms with Gasteiger partial charge in [0.2, 0.25) is 11.9 Å². The number of hydrogen-bond donors (Lipinski definition) is 2. The number of carbonyl (C=O) groups is 2. The molecule has 1 aliphatic rings. The van der Waals surface area contributed by atoms with E-state index in [0.29, 0.717) is 31.9 Å². The number of anilines is 1.